The lowest BCUT2D eigenvalue weighted by Gasteiger charge is -2.13. The number of hydrogen-bond acceptors (Lipinski definition) is 3. The summed E-state index contributed by atoms with van der Waals surface area (Å²) >= 11 is 0. The van der Waals surface area contributed by atoms with E-state index in [-0.39, 0.29) is 5.75 Å². The molecule has 0 unspecified atom stereocenters. The van der Waals surface area contributed by atoms with Crippen molar-refractivity contribution in [1.29, 1.82) is 0 Å². The quantitative estimate of drug-likeness (QED) is 0.751. The Morgan fingerprint density at radius 2 is 2.00 bits per heavy atom. The van der Waals surface area contributed by atoms with Crippen molar-refractivity contribution in [3.05, 3.63) is 66.2 Å². The van der Waals surface area contributed by atoms with E-state index in [1.165, 1.54) is 0 Å². The van der Waals surface area contributed by atoms with Crippen LogP contribution in [0, 0.1) is 0 Å². The van der Waals surface area contributed by atoms with Gasteiger partial charge in [0.2, 0.25) is 0 Å². The number of nitrogens with one attached hydrogen (secondary N) is 1. The maximum atomic E-state index is 10.2. The molecule has 2 N–H and O–H groups in total. The Kier molecular flexibility index (Phi) is 5.27. The number of allylic oxidation sites excluding steroid dienone is 1. The number of para-hydroxylation sites is 1. The fraction of sp³-hybridized carbons (Fsp3) is 0.222. The minimum absolute atomic E-state index is 0.209. The third kappa shape index (κ3) is 4.02. The molecule has 21 heavy (non-hydrogen) atoms. The van der Waals surface area contributed by atoms with Gasteiger partial charge in [0.25, 0.3) is 0 Å². The number of benzene rings is 2. The molecule has 2 aromatic rings. The van der Waals surface area contributed by atoms with Crippen LogP contribution < -0.4 is 10.1 Å². The fourth-order valence-corrected chi connectivity index (χ4v) is 2.17. The second-order valence-corrected chi connectivity index (χ2v) is 4.75. The Balaban J connectivity index is 2.19. The zero-order valence-corrected chi connectivity index (χ0v) is 12.3. The molecule has 0 amide bonds. The van der Waals surface area contributed by atoms with Crippen LogP contribution in [0.25, 0.3) is 0 Å². The van der Waals surface area contributed by atoms with Crippen molar-refractivity contribution in [2.24, 2.45) is 0 Å². The highest BCUT2D eigenvalue weighted by atomic mass is 16.5. The molecular formula is C18H21NO2. The molecule has 0 aliphatic carbocycles. The lowest BCUT2D eigenvalue weighted by Crippen LogP contribution is -2.02. The molecular weight excluding hydrogens is 262 g/mol. The molecule has 0 aromatic heterocycles. The smallest absolute Gasteiger partial charge is 0.161 e. The molecule has 0 heterocycles. The predicted molar refractivity (Wildman–Crippen MR) is 86.9 cm³/mol. The third-order valence-electron chi connectivity index (χ3n) is 3.15. The minimum atomic E-state index is 0.209. The van der Waals surface area contributed by atoms with Crippen molar-refractivity contribution in [1.82, 2.24) is 0 Å². The van der Waals surface area contributed by atoms with Gasteiger partial charge in [-0.3, -0.25) is 0 Å². The van der Waals surface area contributed by atoms with Crippen molar-refractivity contribution in [2.45, 2.75) is 19.9 Å². The van der Waals surface area contributed by atoms with Crippen LogP contribution in [0.3, 0.4) is 0 Å². The van der Waals surface area contributed by atoms with Crippen molar-refractivity contribution >= 4 is 5.69 Å². The first-order valence-electron chi connectivity index (χ1n) is 7.12. The maximum absolute atomic E-state index is 10.2. The van der Waals surface area contributed by atoms with Crippen LogP contribution in [0.1, 0.15) is 18.1 Å². The van der Waals surface area contributed by atoms with E-state index in [1.807, 2.05) is 49.4 Å². The monoisotopic (exact) mass is 283 g/mol. The number of phenolic OH excluding ortho intramolecular Hbond substituents is 1. The van der Waals surface area contributed by atoms with Gasteiger partial charge in [0.05, 0.1) is 6.61 Å². The Morgan fingerprint density at radius 1 is 1.24 bits per heavy atom. The summed E-state index contributed by atoms with van der Waals surface area (Å²) in [5.41, 5.74) is 2.96. The molecule has 0 saturated heterocycles. The van der Waals surface area contributed by atoms with E-state index in [0.29, 0.717) is 25.3 Å². The molecule has 3 nitrogen and oxygen atoms in total. The number of phenols is 1. The number of anilines is 1. The average molecular weight is 283 g/mol. The van der Waals surface area contributed by atoms with Crippen molar-refractivity contribution in [3.63, 3.8) is 0 Å². The lowest BCUT2D eigenvalue weighted by molar-refractivity contribution is 0.316. The molecule has 0 bridgehead atoms. The van der Waals surface area contributed by atoms with E-state index < -0.39 is 0 Å². The Hall–Kier alpha value is -2.42. The second-order valence-electron chi connectivity index (χ2n) is 4.75. The highest BCUT2D eigenvalue weighted by molar-refractivity contribution is 5.50. The largest absolute Gasteiger partial charge is 0.504 e. The first-order chi connectivity index (χ1) is 10.2. The predicted octanol–water partition coefficient (Wildman–Crippen LogP) is 4.13. The Labute approximate surface area is 125 Å². The van der Waals surface area contributed by atoms with E-state index in [0.717, 1.165) is 16.8 Å². The van der Waals surface area contributed by atoms with E-state index >= 15 is 0 Å². The van der Waals surface area contributed by atoms with Crippen LogP contribution in [0.15, 0.2) is 55.1 Å². The molecule has 0 spiro atoms. The standard InChI is InChI=1S/C18H21NO2/c1-3-8-15-11-14(12-17(18(15)20)21-4-2)13-19-16-9-6-5-7-10-16/h3,5-7,9-12,19-20H,1,4,8,13H2,2H3. The summed E-state index contributed by atoms with van der Waals surface area (Å²) in [6, 6.07) is 13.9. The van der Waals surface area contributed by atoms with Gasteiger partial charge in [0.15, 0.2) is 11.5 Å². The summed E-state index contributed by atoms with van der Waals surface area (Å²) < 4.78 is 5.50. The van der Waals surface area contributed by atoms with Crippen LogP contribution >= 0.6 is 0 Å². The number of aromatic hydroxyl groups is 1. The number of rotatable bonds is 7. The molecule has 0 aliphatic heterocycles. The van der Waals surface area contributed by atoms with Gasteiger partial charge >= 0.3 is 0 Å². The average Bonchev–Trinajstić information content (AvgIpc) is 2.51. The summed E-state index contributed by atoms with van der Waals surface area (Å²) in [6.07, 6.45) is 2.39. The van der Waals surface area contributed by atoms with Gasteiger partial charge < -0.3 is 15.2 Å². The number of ether oxygens (including phenoxy) is 1. The van der Waals surface area contributed by atoms with Crippen molar-refractivity contribution in [2.75, 3.05) is 11.9 Å². The molecule has 2 rings (SSSR count). The summed E-state index contributed by atoms with van der Waals surface area (Å²) in [5, 5.41) is 13.5. The van der Waals surface area contributed by atoms with Crippen LogP contribution in [0.5, 0.6) is 11.5 Å². The van der Waals surface area contributed by atoms with Gasteiger partial charge in [-0.1, -0.05) is 24.3 Å². The molecule has 2 aromatic carbocycles. The van der Waals surface area contributed by atoms with Crippen molar-refractivity contribution < 1.29 is 9.84 Å². The first-order valence-corrected chi connectivity index (χ1v) is 7.12. The molecule has 0 radical (unpaired) electrons. The van der Waals surface area contributed by atoms with E-state index in [4.69, 9.17) is 4.74 Å². The summed E-state index contributed by atoms with van der Waals surface area (Å²) in [4.78, 5) is 0. The summed E-state index contributed by atoms with van der Waals surface area (Å²) in [6.45, 7) is 6.83. The SMILES string of the molecule is C=CCc1cc(CNc2ccccc2)cc(OCC)c1O. The molecule has 0 aliphatic rings. The highest BCUT2D eigenvalue weighted by Crippen LogP contribution is 2.32. The van der Waals surface area contributed by atoms with E-state index in [1.54, 1.807) is 6.08 Å². The van der Waals surface area contributed by atoms with Crippen molar-refractivity contribution in [3.8, 4) is 11.5 Å². The minimum Gasteiger partial charge on any atom is -0.504 e. The Bertz CT molecular complexity index is 594. The highest BCUT2D eigenvalue weighted by Gasteiger charge is 2.10. The third-order valence-corrected chi connectivity index (χ3v) is 3.15. The van der Waals surface area contributed by atoms with Crippen LogP contribution in [-0.2, 0) is 13.0 Å². The van der Waals surface area contributed by atoms with Gasteiger partial charge in [-0.25, -0.2) is 0 Å². The summed E-state index contributed by atoms with van der Waals surface area (Å²) in [7, 11) is 0. The van der Waals surface area contributed by atoms with Crippen LogP contribution in [0.2, 0.25) is 0 Å². The van der Waals surface area contributed by atoms with Crippen LogP contribution in [-0.4, -0.2) is 11.7 Å². The zero-order chi connectivity index (χ0) is 15.1. The van der Waals surface area contributed by atoms with Gasteiger partial charge in [0, 0.05) is 17.8 Å². The van der Waals surface area contributed by atoms with Gasteiger partial charge in [-0.05, 0) is 43.2 Å². The molecule has 3 heteroatoms. The normalized spacial score (nSPS) is 10.1. The maximum Gasteiger partial charge on any atom is 0.161 e. The van der Waals surface area contributed by atoms with Gasteiger partial charge in [-0.15, -0.1) is 6.58 Å². The molecule has 0 fully saturated rings. The summed E-state index contributed by atoms with van der Waals surface area (Å²) in [5.74, 6) is 0.738. The van der Waals surface area contributed by atoms with E-state index in [9.17, 15) is 5.11 Å². The lowest BCUT2D eigenvalue weighted by atomic mass is 10.1. The molecule has 110 valence electrons. The Morgan fingerprint density at radius 3 is 2.67 bits per heavy atom. The fourth-order valence-electron chi connectivity index (χ4n) is 2.17. The topological polar surface area (TPSA) is 41.5 Å². The number of hydrogen-bond donors (Lipinski definition) is 2. The second kappa shape index (κ2) is 7.39. The molecule has 0 saturated carbocycles. The first kappa shape index (κ1) is 15.0. The molecule has 0 atom stereocenters. The zero-order valence-electron chi connectivity index (χ0n) is 12.3. The van der Waals surface area contributed by atoms with Gasteiger partial charge in [0.1, 0.15) is 0 Å². The van der Waals surface area contributed by atoms with Gasteiger partial charge in [-0.2, -0.15) is 0 Å². The van der Waals surface area contributed by atoms with E-state index in [2.05, 4.69) is 11.9 Å². The van der Waals surface area contributed by atoms with Crippen LogP contribution in [0.4, 0.5) is 5.69 Å².